The van der Waals surface area contributed by atoms with E-state index in [1.807, 2.05) is 24.4 Å². The highest BCUT2D eigenvalue weighted by Crippen LogP contribution is 2.31. The Morgan fingerprint density at radius 1 is 1.48 bits per heavy atom. The van der Waals surface area contributed by atoms with E-state index in [0.29, 0.717) is 5.84 Å². The standard InChI is InChI=1S/C16H19N3O2/c1-3-19-9-13(15(17)18-16(20)10-4-5-10)12-7-6-11(21-2)8-14(12)19/h6-10H,3-5H2,1-2H3,(H2,17,18,20). The molecule has 1 heterocycles. The van der Waals surface area contributed by atoms with Gasteiger partial charge in [-0.1, -0.05) is 0 Å². The second-order valence-electron chi connectivity index (χ2n) is 5.32. The summed E-state index contributed by atoms with van der Waals surface area (Å²) in [6, 6.07) is 5.82. The van der Waals surface area contributed by atoms with E-state index in [1.54, 1.807) is 7.11 Å². The number of aliphatic imine (C=N–C) groups is 1. The summed E-state index contributed by atoms with van der Waals surface area (Å²) in [4.78, 5) is 15.9. The highest BCUT2D eigenvalue weighted by atomic mass is 16.5. The van der Waals surface area contributed by atoms with E-state index in [9.17, 15) is 4.79 Å². The molecule has 5 nitrogen and oxygen atoms in total. The lowest BCUT2D eigenvalue weighted by Gasteiger charge is -2.03. The van der Waals surface area contributed by atoms with Crippen LogP contribution in [0.25, 0.3) is 10.9 Å². The van der Waals surface area contributed by atoms with Gasteiger partial charge >= 0.3 is 0 Å². The van der Waals surface area contributed by atoms with E-state index in [2.05, 4.69) is 16.5 Å². The Morgan fingerprint density at radius 2 is 2.24 bits per heavy atom. The van der Waals surface area contributed by atoms with E-state index < -0.39 is 0 Å². The number of hydrogen-bond donors (Lipinski definition) is 1. The van der Waals surface area contributed by atoms with Crippen LogP contribution in [0.1, 0.15) is 25.3 Å². The molecule has 1 aromatic carbocycles. The van der Waals surface area contributed by atoms with Gasteiger partial charge < -0.3 is 15.0 Å². The third-order valence-electron chi connectivity index (χ3n) is 3.86. The maximum Gasteiger partial charge on any atom is 0.250 e. The van der Waals surface area contributed by atoms with Gasteiger partial charge in [-0.3, -0.25) is 4.79 Å². The first kappa shape index (κ1) is 13.7. The quantitative estimate of drug-likeness (QED) is 0.692. The topological polar surface area (TPSA) is 69.6 Å². The number of ether oxygens (including phenoxy) is 1. The molecule has 0 atom stereocenters. The molecule has 1 aliphatic rings. The molecular weight excluding hydrogens is 266 g/mol. The lowest BCUT2D eigenvalue weighted by atomic mass is 10.1. The first-order valence-electron chi connectivity index (χ1n) is 7.19. The lowest BCUT2D eigenvalue weighted by Crippen LogP contribution is -2.16. The lowest BCUT2D eigenvalue weighted by molar-refractivity contribution is -0.118. The zero-order chi connectivity index (χ0) is 15.0. The van der Waals surface area contributed by atoms with Gasteiger partial charge in [0.1, 0.15) is 11.6 Å². The first-order valence-corrected chi connectivity index (χ1v) is 7.19. The number of aryl methyl sites for hydroxylation is 1. The number of nitrogens with zero attached hydrogens (tertiary/aromatic N) is 2. The Hall–Kier alpha value is -2.30. The fraction of sp³-hybridized carbons (Fsp3) is 0.375. The molecule has 1 fully saturated rings. The van der Waals surface area contributed by atoms with Gasteiger partial charge in [-0.15, -0.1) is 0 Å². The summed E-state index contributed by atoms with van der Waals surface area (Å²) < 4.78 is 7.35. The minimum atomic E-state index is -0.0987. The zero-order valence-corrected chi connectivity index (χ0v) is 12.3. The molecule has 1 aromatic heterocycles. The van der Waals surface area contributed by atoms with Crippen molar-refractivity contribution in [2.75, 3.05) is 7.11 Å². The number of rotatable bonds is 4. The maximum atomic E-state index is 11.8. The highest BCUT2D eigenvalue weighted by Gasteiger charge is 2.29. The van der Waals surface area contributed by atoms with E-state index >= 15 is 0 Å². The number of amidine groups is 1. The number of fused-ring (bicyclic) bond motifs is 1. The largest absolute Gasteiger partial charge is 0.497 e. The van der Waals surface area contributed by atoms with Crippen molar-refractivity contribution in [1.29, 1.82) is 0 Å². The summed E-state index contributed by atoms with van der Waals surface area (Å²) in [5.41, 5.74) is 7.89. The number of nitrogens with two attached hydrogens (primary N) is 1. The van der Waals surface area contributed by atoms with Crippen LogP contribution in [0.2, 0.25) is 0 Å². The Morgan fingerprint density at radius 3 is 2.86 bits per heavy atom. The summed E-state index contributed by atoms with van der Waals surface area (Å²) in [6.45, 7) is 2.87. The van der Waals surface area contributed by atoms with E-state index in [1.165, 1.54) is 0 Å². The molecule has 21 heavy (non-hydrogen) atoms. The molecule has 1 aliphatic carbocycles. The van der Waals surface area contributed by atoms with E-state index in [0.717, 1.165) is 41.6 Å². The van der Waals surface area contributed by atoms with Gasteiger partial charge in [0.2, 0.25) is 0 Å². The van der Waals surface area contributed by atoms with Gasteiger partial charge in [0.15, 0.2) is 0 Å². The smallest absolute Gasteiger partial charge is 0.250 e. The zero-order valence-electron chi connectivity index (χ0n) is 12.3. The predicted molar refractivity (Wildman–Crippen MR) is 82.6 cm³/mol. The van der Waals surface area contributed by atoms with Gasteiger partial charge in [-0.05, 0) is 31.9 Å². The average Bonchev–Trinajstić information content (AvgIpc) is 3.28. The van der Waals surface area contributed by atoms with Crippen molar-refractivity contribution in [3.05, 3.63) is 30.0 Å². The van der Waals surface area contributed by atoms with Crippen LogP contribution < -0.4 is 10.5 Å². The fourth-order valence-corrected chi connectivity index (χ4v) is 2.46. The van der Waals surface area contributed by atoms with Gasteiger partial charge in [0, 0.05) is 35.7 Å². The minimum absolute atomic E-state index is 0.0863. The fourth-order valence-electron chi connectivity index (χ4n) is 2.46. The Kier molecular flexibility index (Phi) is 3.41. The number of benzene rings is 1. The van der Waals surface area contributed by atoms with Crippen molar-refractivity contribution in [1.82, 2.24) is 4.57 Å². The van der Waals surface area contributed by atoms with E-state index in [4.69, 9.17) is 10.5 Å². The molecular formula is C16H19N3O2. The molecule has 0 radical (unpaired) electrons. The molecule has 0 unspecified atom stereocenters. The molecule has 0 aliphatic heterocycles. The third kappa shape index (κ3) is 2.51. The summed E-state index contributed by atoms with van der Waals surface area (Å²) in [7, 11) is 1.64. The van der Waals surface area contributed by atoms with Crippen molar-refractivity contribution in [2.45, 2.75) is 26.3 Å². The molecule has 3 rings (SSSR count). The second-order valence-corrected chi connectivity index (χ2v) is 5.32. The number of hydrogen-bond acceptors (Lipinski definition) is 2. The average molecular weight is 285 g/mol. The van der Waals surface area contributed by atoms with Crippen LogP contribution in [0.5, 0.6) is 5.75 Å². The van der Waals surface area contributed by atoms with Crippen LogP contribution in [0.15, 0.2) is 29.4 Å². The van der Waals surface area contributed by atoms with Crippen molar-refractivity contribution < 1.29 is 9.53 Å². The van der Waals surface area contributed by atoms with Crippen LogP contribution >= 0.6 is 0 Å². The summed E-state index contributed by atoms with van der Waals surface area (Å²) in [5.74, 6) is 1.09. The first-order chi connectivity index (χ1) is 10.1. The molecule has 2 aromatic rings. The van der Waals surface area contributed by atoms with Gasteiger partial charge in [-0.25, -0.2) is 0 Å². The molecule has 5 heteroatoms. The molecule has 2 N–H and O–H groups in total. The summed E-state index contributed by atoms with van der Waals surface area (Å²) in [6.07, 6.45) is 3.82. The van der Waals surface area contributed by atoms with Crippen LogP contribution in [-0.2, 0) is 11.3 Å². The monoisotopic (exact) mass is 285 g/mol. The van der Waals surface area contributed by atoms with Gasteiger partial charge in [-0.2, -0.15) is 4.99 Å². The molecule has 0 bridgehead atoms. The Balaban J connectivity index is 2.07. The number of aromatic nitrogens is 1. The SMILES string of the molecule is CCn1cc(C(N)=NC(=O)C2CC2)c2ccc(OC)cc21. The van der Waals surface area contributed by atoms with Gasteiger partial charge in [0.05, 0.1) is 12.6 Å². The third-order valence-corrected chi connectivity index (χ3v) is 3.86. The Bertz CT molecular complexity index is 726. The molecule has 0 spiro atoms. The van der Waals surface area contributed by atoms with Crippen molar-refractivity contribution >= 4 is 22.6 Å². The normalized spacial score (nSPS) is 15.4. The van der Waals surface area contributed by atoms with Crippen molar-refractivity contribution in [3.8, 4) is 5.75 Å². The number of carbonyl (C=O) groups excluding carboxylic acids is 1. The van der Waals surface area contributed by atoms with Crippen LogP contribution in [0.3, 0.4) is 0 Å². The number of carbonyl (C=O) groups is 1. The predicted octanol–water partition coefficient (Wildman–Crippen LogP) is 2.31. The summed E-state index contributed by atoms with van der Waals surface area (Å²) in [5, 5.41) is 0.988. The molecule has 1 amide bonds. The summed E-state index contributed by atoms with van der Waals surface area (Å²) >= 11 is 0. The van der Waals surface area contributed by atoms with Crippen molar-refractivity contribution in [2.24, 2.45) is 16.6 Å². The number of amides is 1. The molecule has 110 valence electrons. The van der Waals surface area contributed by atoms with Crippen molar-refractivity contribution in [3.63, 3.8) is 0 Å². The number of methoxy groups -OCH3 is 1. The highest BCUT2D eigenvalue weighted by molar-refractivity contribution is 6.12. The van der Waals surface area contributed by atoms with E-state index in [-0.39, 0.29) is 11.8 Å². The minimum Gasteiger partial charge on any atom is -0.497 e. The van der Waals surface area contributed by atoms with Crippen LogP contribution in [0, 0.1) is 5.92 Å². The van der Waals surface area contributed by atoms with Crippen LogP contribution in [-0.4, -0.2) is 23.4 Å². The molecule has 0 saturated heterocycles. The Labute approximate surface area is 123 Å². The van der Waals surface area contributed by atoms with Crippen LogP contribution in [0.4, 0.5) is 0 Å². The molecule has 1 saturated carbocycles. The maximum absolute atomic E-state index is 11.8. The second kappa shape index (κ2) is 5.24. The van der Waals surface area contributed by atoms with Gasteiger partial charge in [0.25, 0.3) is 5.91 Å².